The Morgan fingerprint density at radius 3 is 2.65 bits per heavy atom. The van der Waals surface area contributed by atoms with E-state index in [1.165, 1.54) is 25.7 Å². The minimum Gasteiger partial charge on any atom is -0.486 e. The summed E-state index contributed by atoms with van der Waals surface area (Å²) in [6.07, 6.45) is 10.3. The highest BCUT2D eigenvalue weighted by atomic mass is 16.5. The van der Waals surface area contributed by atoms with Gasteiger partial charge in [0.1, 0.15) is 12.4 Å². The van der Waals surface area contributed by atoms with Crippen molar-refractivity contribution >= 4 is 6.29 Å². The van der Waals surface area contributed by atoms with E-state index >= 15 is 0 Å². The smallest absolute Gasteiger partial charge is 0.157 e. The molecule has 0 saturated heterocycles. The lowest BCUT2D eigenvalue weighted by atomic mass is 9.43. The SMILES string of the molecule is C[C@]12CC(O)(c3cccc(OCC=O)c3)CCC1CC[C@@H]1[C@H]2CC[C@]2(C)C(O)CC[C@@H]12. The van der Waals surface area contributed by atoms with E-state index in [9.17, 15) is 15.0 Å². The van der Waals surface area contributed by atoms with Gasteiger partial charge in [0.15, 0.2) is 6.29 Å². The van der Waals surface area contributed by atoms with E-state index in [1.807, 2.05) is 24.3 Å². The normalized spacial score (nSPS) is 46.5. The van der Waals surface area contributed by atoms with Crippen LogP contribution in [0.3, 0.4) is 0 Å². The summed E-state index contributed by atoms with van der Waals surface area (Å²) in [5, 5.41) is 22.6. The topological polar surface area (TPSA) is 66.8 Å². The monoisotopic (exact) mass is 426 g/mol. The third-order valence-electron chi connectivity index (χ3n) is 10.3. The lowest BCUT2D eigenvalue weighted by molar-refractivity contribution is -0.165. The third-order valence-corrected chi connectivity index (χ3v) is 10.3. The number of carbonyl (C=O) groups is 1. The van der Waals surface area contributed by atoms with Crippen LogP contribution in [0, 0.1) is 34.5 Å². The van der Waals surface area contributed by atoms with Crippen LogP contribution in [0.4, 0.5) is 0 Å². The van der Waals surface area contributed by atoms with Crippen molar-refractivity contribution in [1.29, 1.82) is 0 Å². The average molecular weight is 427 g/mol. The van der Waals surface area contributed by atoms with Gasteiger partial charge in [-0.05, 0) is 110 Å². The second-order valence-electron chi connectivity index (χ2n) is 11.5. The van der Waals surface area contributed by atoms with Gasteiger partial charge in [-0.2, -0.15) is 0 Å². The molecule has 170 valence electrons. The largest absolute Gasteiger partial charge is 0.486 e. The molecule has 2 N–H and O–H groups in total. The maximum atomic E-state index is 11.9. The molecule has 1 aromatic rings. The first-order valence-corrected chi connectivity index (χ1v) is 12.4. The second-order valence-corrected chi connectivity index (χ2v) is 11.5. The fraction of sp³-hybridized carbons (Fsp3) is 0.741. The van der Waals surface area contributed by atoms with Crippen molar-refractivity contribution in [2.45, 2.75) is 83.3 Å². The molecule has 1 aromatic carbocycles. The van der Waals surface area contributed by atoms with Crippen LogP contribution in [-0.4, -0.2) is 29.2 Å². The van der Waals surface area contributed by atoms with Gasteiger partial charge in [0, 0.05) is 0 Å². The Bertz CT molecular complexity index is 838. The van der Waals surface area contributed by atoms with Crippen LogP contribution < -0.4 is 4.74 Å². The van der Waals surface area contributed by atoms with Gasteiger partial charge in [0.2, 0.25) is 0 Å². The van der Waals surface area contributed by atoms with Crippen molar-refractivity contribution < 1.29 is 19.7 Å². The number of benzene rings is 1. The maximum absolute atomic E-state index is 11.9. The summed E-state index contributed by atoms with van der Waals surface area (Å²) in [6.45, 7) is 4.83. The van der Waals surface area contributed by atoms with Crippen molar-refractivity contribution in [2.24, 2.45) is 34.5 Å². The highest BCUT2D eigenvalue weighted by Gasteiger charge is 2.61. The number of ether oxygens (including phenoxy) is 1. The molecule has 0 amide bonds. The van der Waals surface area contributed by atoms with Gasteiger partial charge >= 0.3 is 0 Å². The van der Waals surface area contributed by atoms with Crippen LogP contribution in [0.5, 0.6) is 5.75 Å². The number of carbonyl (C=O) groups excluding carboxylic acids is 1. The van der Waals surface area contributed by atoms with E-state index in [4.69, 9.17) is 4.74 Å². The second kappa shape index (κ2) is 7.59. The van der Waals surface area contributed by atoms with E-state index in [2.05, 4.69) is 13.8 Å². The van der Waals surface area contributed by atoms with Crippen LogP contribution >= 0.6 is 0 Å². The van der Waals surface area contributed by atoms with Crippen LogP contribution in [0.1, 0.15) is 77.2 Å². The number of hydrogen-bond donors (Lipinski definition) is 2. The Morgan fingerprint density at radius 2 is 1.84 bits per heavy atom. The molecule has 4 saturated carbocycles. The Morgan fingerprint density at radius 1 is 1.03 bits per heavy atom. The minimum atomic E-state index is -0.844. The summed E-state index contributed by atoms with van der Waals surface area (Å²) in [5.74, 6) is 3.28. The molecule has 5 rings (SSSR count). The first-order valence-electron chi connectivity index (χ1n) is 12.4. The maximum Gasteiger partial charge on any atom is 0.157 e. The Balaban J connectivity index is 1.43. The molecule has 4 nitrogen and oxygen atoms in total. The molecule has 8 atom stereocenters. The van der Waals surface area contributed by atoms with Crippen LogP contribution in [-0.2, 0) is 10.4 Å². The lowest BCUT2D eigenvalue weighted by Crippen LogP contribution is -2.56. The molecule has 0 spiro atoms. The number of fused-ring (bicyclic) bond motifs is 5. The Kier molecular flexibility index (Phi) is 5.25. The summed E-state index contributed by atoms with van der Waals surface area (Å²) in [7, 11) is 0. The molecule has 4 fully saturated rings. The van der Waals surface area contributed by atoms with Crippen molar-refractivity contribution in [1.82, 2.24) is 0 Å². The van der Waals surface area contributed by atoms with Gasteiger partial charge in [0.05, 0.1) is 11.7 Å². The van der Waals surface area contributed by atoms with Gasteiger partial charge in [-0.3, -0.25) is 4.79 Å². The molecular formula is C27H38O4. The van der Waals surface area contributed by atoms with Crippen LogP contribution in [0.15, 0.2) is 24.3 Å². The van der Waals surface area contributed by atoms with Gasteiger partial charge in [-0.25, -0.2) is 0 Å². The Hall–Kier alpha value is -1.39. The molecule has 31 heavy (non-hydrogen) atoms. The zero-order valence-electron chi connectivity index (χ0n) is 19.1. The molecule has 4 aliphatic carbocycles. The predicted octanol–water partition coefficient (Wildman–Crippen LogP) is 4.86. The van der Waals surface area contributed by atoms with Gasteiger partial charge in [0.25, 0.3) is 0 Å². The molecule has 0 aliphatic heterocycles. The van der Waals surface area contributed by atoms with Crippen LogP contribution in [0.2, 0.25) is 0 Å². The van der Waals surface area contributed by atoms with Gasteiger partial charge < -0.3 is 14.9 Å². The standard InChI is InChI=1S/C27H38O4/c1-25-12-11-23-21(22(25)8-9-24(25)29)7-6-18-10-13-27(30,17-26(18,23)2)19-4-3-5-20(16-19)31-15-14-28/h3-5,14,16,18,21-24,29-30H,6-13,15,17H2,1-2H3/t18?,21-,22-,23+,24?,25-,26-,27?/m0/s1. The van der Waals surface area contributed by atoms with E-state index in [0.29, 0.717) is 29.4 Å². The first kappa shape index (κ1) is 21.5. The van der Waals surface area contributed by atoms with E-state index in [1.54, 1.807) is 0 Å². The fourth-order valence-electron chi connectivity index (χ4n) is 8.64. The molecule has 0 bridgehead atoms. The molecular weight excluding hydrogens is 388 g/mol. The van der Waals surface area contributed by atoms with Gasteiger partial charge in [-0.1, -0.05) is 26.0 Å². The average Bonchev–Trinajstić information content (AvgIpc) is 3.06. The summed E-state index contributed by atoms with van der Waals surface area (Å²) in [6, 6.07) is 7.73. The molecule has 3 unspecified atom stereocenters. The molecule has 4 aliphatic rings. The van der Waals surface area contributed by atoms with Crippen LogP contribution in [0.25, 0.3) is 0 Å². The summed E-state index contributed by atoms with van der Waals surface area (Å²) in [4.78, 5) is 10.7. The molecule has 0 aromatic heterocycles. The zero-order chi connectivity index (χ0) is 21.9. The highest BCUT2D eigenvalue weighted by molar-refractivity contribution is 5.51. The summed E-state index contributed by atoms with van der Waals surface area (Å²) < 4.78 is 5.51. The lowest BCUT2D eigenvalue weighted by Gasteiger charge is -2.62. The van der Waals surface area contributed by atoms with Gasteiger partial charge in [-0.15, -0.1) is 0 Å². The highest BCUT2D eigenvalue weighted by Crippen LogP contribution is 2.67. The first-order chi connectivity index (χ1) is 14.8. The van der Waals surface area contributed by atoms with E-state index in [0.717, 1.165) is 44.0 Å². The number of aliphatic hydroxyl groups is 2. The quantitative estimate of drug-likeness (QED) is 0.675. The van der Waals surface area contributed by atoms with Crippen molar-refractivity contribution in [2.75, 3.05) is 6.61 Å². The summed E-state index contributed by atoms with van der Waals surface area (Å²) >= 11 is 0. The molecule has 0 heterocycles. The Labute approximate surface area is 186 Å². The number of rotatable bonds is 4. The van der Waals surface area contributed by atoms with E-state index in [-0.39, 0.29) is 23.5 Å². The molecule has 4 heteroatoms. The van der Waals surface area contributed by atoms with E-state index < -0.39 is 5.60 Å². The van der Waals surface area contributed by atoms with Crippen molar-refractivity contribution in [3.8, 4) is 5.75 Å². The molecule has 0 radical (unpaired) electrons. The third kappa shape index (κ3) is 3.28. The van der Waals surface area contributed by atoms with Crippen molar-refractivity contribution in [3.05, 3.63) is 29.8 Å². The number of hydrogen-bond acceptors (Lipinski definition) is 4. The number of aldehydes is 1. The zero-order valence-corrected chi connectivity index (χ0v) is 19.1. The number of aliphatic hydroxyl groups excluding tert-OH is 1. The van der Waals surface area contributed by atoms with Crippen molar-refractivity contribution in [3.63, 3.8) is 0 Å². The summed E-state index contributed by atoms with van der Waals surface area (Å²) in [5.41, 5.74) is 0.308. The fourth-order valence-corrected chi connectivity index (χ4v) is 8.64. The predicted molar refractivity (Wildman–Crippen MR) is 120 cm³/mol. The minimum absolute atomic E-state index is 0.0391.